The molecule has 1 amide bonds. The van der Waals surface area contributed by atoms with Gasteiger partial charge in [0.05, 0.1) is 24.0 Å². The third kappa shape index (κ3) is 4.94. The van der Waals surface area contributed by atoms with Gasteiger partial charge in [0.2, 0.25) is 5.91 Å². The van der Waals surface area contributed by atoms with Crippen LogP contribution in [0.3, 0.4) is 0 Å². The Morgan fingerprint density at radius 1 is 1.19 bits per heavy atom. The minimum Gasteiger partial charge on any atom is -0.463 e. The summed E-state index contributed by atoms with van der Waals surface area (Å²) in [5, 5.41) is 15.3. The summed E-state index contributed by atoms with van der Waals surface area (Å²) >= 11 is 6.09. The van der Waals surface area contributed by atoms with Crippen LogP contribution in [0.25, 0.3) is 11.1 Å². The van der Waals surface area contributed by atoms with Crippen molar-refractivity contribution in [1.29, 1.82) is 0 Å². The number of likely N-dealkylation sites (tertiary alicyclic amines) is 1. The van der Waals surface area contributed by atoms with Crippen LogP contribution in [0.2, 0.25) is 5.02 Å². The van der Waals surface area contributed by atoms with E-state index in [4.69, 9.17) is 16.0 Å². The maximum atomic E-state index is 13.7. The van der Waals surface area contributed by atoms with Crippen LogP contribution in [-0.2, 0) is 17.9 Å². The van der Waals surface area contributed by atoms with Gasteiger partial charge in [-0.05, 0) is 55.8 Å². The summed E-state index contributed by atoms with van der Waals surface area (Å²) in [5.74, 6) is 1.37. The van der Waals surface area contributed by atoms with Gasteiger partial charge in [0, 0.05) is 43.3 Å². The molecule has 2 aliphatic heterocycles. The van der Waals surface area contributed by atoms with Crippen molar-refractivity contribution in [2.45, 2.75) is 58.5 Å². The molecule has 1 fully saturated rings. The van der Waals surface area contributed by atoms with Crippen LogP contribution in [0.4, 0.5) is 0 Å². The van der Waals surface area contributed by atoms with Gasteiger partial charge in [-0.3, -0.25) is 9.69 Å². The molecule has 1 aromatic carbocycles. The van der Waals surface area contributed by atoms with Crippen molar-refractivity contribution in [3.05, 3.63) is 58.9 Å². The average Bonchev–Trinajstić information content (AvgIpc) is 3.42. The summed E-state index contributed by atoms with van der Waals surface area (Å²) < 4.78 is 7.61. The lowest BCUT2D eigenvalue weighted by atomic mass is 9.92. The molecular weight excluding hydrogens is 476 g/mol. The second-order valence-electron chi connectivity index (χ2n) is 11.0. The number of hydrogen-bond donors (Lipinski definition) is 2. The number of aromatic nitrogens is 1. The number of benzene rings is 1. The van der Waals surface area contributed by atoms with Gasteiger partial charge in [-0.25, -0.2) is 0 Å². The Kier molecular flexibility index (Phi) is 7.18. The van der Waals surface area contributed by atoms with Gasteiger partial charge in [0.1, 0.15) is 11.8 Å². The van der Waals surface area contributed by atoms with E-state index in [-0.39, 0.29) is 5.91 Å². The second kappa shape index (κ2) is 10.2. The first-order chi connectivity index (χ1) is 17.2. The van der Waals surface area contributed by atoms with Crippen molar-refractivity contribution in [3.8, 4) is 0 Å². The number of aliphatic hydroxyl groups is 1. The van der Waals surface area contributed by atoms with Gasteiger partial charge in [-0.15, -0.1) is 0 Å². The third-order valence-electron chi connectivity index (χ3n) is 7.85. The summed E-state index contributed by atoms with van der Waals surface area (Å²) in [5.41, 5.74) is 2.36. The lowest BCUT2D eigenvalue weighted by Gasteiger charge is -2.47. The van der Waals surface area contributed by atoms with Crippen molar-refractivity contribution in [2.24, 2.45) is 11.8 Å². The molecule has 8 heteroatoms. The topological polar surface area (TPSA) is 73.9 Å². The maximum absolute atomic E-state index is 13.7. The molecule has 7 nitrogen and oxygen atoms in total. The number of nitrogens with one attached hydrogen (secondary N) is 1. The molecule has 4 heterocycles. The number of piperidine rings is 1. The third-order valence-corrected chi connectivity index (χ3v) is 8.10. The summed E-state index contributed by atoms with van der Waals surface area (Å²) in [6, 6.07) is 11.3. The number of furan rings is 1. The monoisotopic (exact) mass is 512 g/mol. The number of carbonyl (C=O) groups excluding carboxylic acids is 1. The number of aliphatic hydroxyl groups excluding tert-OH is 1. The minimum atomic E-state index is -0.955. The molecule has 4 unspecified atom stereocenters. The van der Waals surface area contributed by atoms with Crippen LogP contribution in [-0.4, -0.2) is 57.1 Å². The largest absolute Gasteiger partial charge is 0.463 e. The Labute approximate surface area is 218 Å². The molecule has 3 aromatic rings. The van der Waals surface area contributed by atoms with Gasteiger partial charge in [0.15, 0.2) is 5.58 Å². The molecule has 0 bridgehead atoms. The zero-order chi connectivity index (χ0) is 25.4. The lowest BCUT2D eigenvalue weighted by molar-refractivity contribution is -0.151. The molecule has 0 saturated carbocycles. The predicted molar refractivity (Wildman–Crippen MR) is 142 cm³/mol. The van der Waals surface area contributed by atoms with Crippen molar-refractivity contribution in [1.82, 2.24) is 19.7 Å². The molecule has 2 aliphatic rings. The summed E-state index contributed by atoms with van der Waals surface area (Å²) in [6.07, 6.45) is 2.89. The fraction of sp³-hybridized carbons (Fsp3) is 0.536. The number of carbonyl (C=O) groups is 1. The zero-order valence-corrected chi connectivity index (χ0v) is 22.2. The Bertz CT molecular complexity index is 1200. The number of nitrogens with zero attached hydrogens (tertiary/aromatic N) is 3. The van der Waals surface area contributed by atoms with E-state index in [0.717, 1.165) is 54.7 Å². The van der Waals surface area contributed by atoms with Crippen LogP contribution < -0.4 is 5.32 Å². The van der Waals surface area contributed by atoms with Crippen LogP contribution in [0.5, 0.6) is 0 Å². The molecule has 2 aromatic heterocycles. The molecule has 4 atom stereocenters. The molecule has 0 radical (unpaired) electrons. The van der Waals surface area contributed by atoms with Gasteiger partial charge in [-0.1, -0.05) is 37.6 Å². The van der Waals surface area contributed by atoms with Crippen LogP contribution in [0, 0.1) is 11.8 Å². The predicted octanol–water partition coefficient (Wildman–Crippen LogP) is 4.64. The van der Waals surface area contributed by atoms with E-state index in [0.29, 0.717) is 30.2 Å². The fourth-order valence-electron chi connectivity index (χ4n) is 6.13. The van der Waals surface area contributed by atoms with E-state index in [1.165, 1.54) is 6.42 Å². The van der Waals surface area contributed by atoms with Gasteiger partial charge in [-0.2, -0.15) is 0 Å². The molecule has 0 spiro atoms. The smallest absolute Gasteiger partial charge is 0.242 e. The Hall–Kier alpha value is -2.32. The Balaban J connectivity index is 1.33. The van der Waals surface area contributed by atoms with Crippen molar-refractivity contribution in [2.75, 3.05) is 26.2 Å². The Morgan fingerprint density at radius 2 is 1.92 bits per heavy atom. The van der Waals surface area contributed by atoms with Gasteiger partial charge >= 0.3 is 0 Å². The molecule has 5 rings (SSSR count). The second-order valence-corrected chi connectivity index (χ2v) is 11.5. The number of hydrogen-bond acceptors (Lipinski definition) is 5. The van der Waals surface area contributed by atoms with Gasteiger partial charge in [0.25, 0.3) is 0 Å². The summed E-state index contributed by atoms with van der Waals surface area (Å²) in [4.78, 5) is 18.1. The minimum absolute atomic E-state index is 0.0770. The van der Waals surface area contributed by atoms with Crippen LogP contribution in [0.1, 0.15) is 51.1 Å². The number of rotatable bonds is 7. The quantitative estimate of drug-likeness (QED) is 0.451. The molecular formula is C28H37ClN4O3. The highest BCUT2D eigenvalue weighted by Crippen LogP contribution is 2.39. The van der Waals surface area contributed by atoms with E-state index < -0.39 is 11.8 Å². The fourth-order valence-corrected chi connectivity index (χ4v) is 6.26. The highest BCUT2D eigenvalue weighted by Gasteiger charge is 2.48. The number of halogens is 1. The summed E-state index contributed by atoms with van der Waals surface area (Å²) in [7, 11) is 0. The van der Waals surface area contributed by atoms with E-state index >= 15 is 0 Å². The highest BCUT2D eigenvalue weighted by molar-refractivity contribution is 6.30. The molecule has 36 heavy (non-hydrogen) atoms. The SMILES string of the molecule is CC1CC(C)CN(CCCNC(=O)C2(C)Cn3c(cc4occc43)C(O)N2Cc2ccc(Cl)cc2)C1. The lowest BCUT2D eigenvalue weighted by Crippen LogP contribution is -2.62. The van der Waals surface area contributed by atoms with E-state index in [2.05, 4.69) is 24.1 Å². The molecule has 2 N–H and O–H groups in total. The van der Waals surface area contributed by atoms with Crippen molar-refractivity contribution >= 4 is 28.6 Å². The van der Waals surface area contributed by atoms with Gasteiger partial charge < -0.3 is 24.3 Å². The highest BCUT2D eigenvalue weighted by atomic mass is 35.5. The zero-order valence-electron chi connectivity index (χ0n) is 21.4. The number of fused-ring (bicyclic) bond motifs is 3. The first kappa shape index (κ1) is 25.3. The normalized spacial score (nSPS) is 27.3. The number of amides is 1. The molecule has 1 saturated heterocycles. The Morgan fingerprint density at radius 3 is 2.64 bits per heavy atom. The first-order valence-electron chi connectivity index (χ1n) is 13.0. The maximum Gasteiger partial charge on any atom is 0.242 e. The molecule has 194 valence electrons. The summed E-state index contributed by atoms with van der Waals surface area (Å²) in [6.45, 7) is 11.3. The average molecular weight is 513 g/mol. The van der Waals surface area contributed by atoms with E-state index in [1.807, 2.05) is 52.8 Å². The van der Waals surface area contributed by atoms with E-state index in [1.54, 1.807) is 6.26 Å². The van der Waals surface area contributed by atoms with Crippen LogP contribution >= 0.6 is 11.6 Å². The first-order valence-corrected chi connectivity index (χ1v) is 13.4. The van der Waals surface area contributed by atoms with E-state index in [9.17, 15) is 9.90 Å². The van der Waals surface area contributed by atoms with Crippen molar-refractivity contribution in [3.63, 3.8) is 0 Å². The molecule has 0 aliphatic carbocycles. The van der Waals surface area contributed by atoms with Crippen molar-refractivity contribution < 1.29 is 14.3 Å². The standard InChI is InChI=1S/C28H37ClN4O3/c1-19-13-20(2)16-31(15-19)11-4-10-30-27(35)28(3)18-32-23-9-12-36-25(23)14-24(32)26(34)33(28)17-21-5-7-22(29)8-6-21/h5-9,12,14,19-20,26,34H,4,10-11,13,15-18H2,1-3H3,(H,30,35). The van der Waals surface area contributed by atoms with Crippen LogP contribution in [0.15, 0.2) is 47.1 Å².